The topological polar surface area (TPSA) is 75.4 Å². The molecular formula is C16H17N3O3. The van der Waals surface area contributed by atoms with Gasteiger partial charge in [0.1, 0.15) is 5.82 Å². The molecule has 1 atom stereocenters. The number of benzene rings is 1. The minimum Gasteiger partial charge on any atom is -0.481 e. The van der Waals surface area contributed by atoms with Crippen LogP contribution in [0.1, 0.15) is 17.8 Å². The van der Waals surface area contributed by atoms with Crippen molar-refractivity contribution >= 4 is 11.9 Å². The average Bonchev–Trinajstić information content (AvgIpc) is 3.07. The summed E-state index contributed by atoms with van der Waals surface area (Å²) in [6.07, 6.45) is 3.69. The third-order valence-electron chi connectivity index (χ3n) is 4.00. The second-order valence-corrected chi connectivity index (χ2v) is 5.49. The molecule has 114 valence electrons. The van der Waals surface area contributed by atoms with Crippen LogP contribution >= 0.6 is 0 Å². The third kappa shape index (κ3) is 2.59. The Balaban J connectivity index is 1.86. The molecule has 1 aromatic heterocycles. The molecule has 1 aliphatic heterocycles. The van der Waals surface area contributed by atoms with Crippen LogP contribution in [0.3, 0.4) is 0 Å². The fourth-order valence-electron chi connectivity index (χ4n) is 2.81. The molecule has 0 radical (unpaired) electrons. The van der Waals surface area contributed by atoms with Crippen LogP contribution in [-0.2, 0) is 16.1 Å². The van der Waals surface area contributed by atoms with Gasteiger partial charge in [0.05, 0.1) is 11.6 Å². The van der Waals surface area contributed by atoms with Crippen molar-refractivity contribution in [3.63, 3.8) is 0 Å². The number of para-hydroxylation sites is 1. The standard InChI is InChI=1S/C16H17N3O3/c1-11-17-6-7-19(11)14-5-3-2-4-12(14)9-18-10-13(16(21)22)8-15(18)20/h2-7,13H,8-10H2,1H3,(H,21,22)/t13-/m0/s1. The van der Waals surface area contributed by atoms with Crippen LogP contribution in [-0.4, -0.2) is 38.0 Å². The van der Waals surface area contributed by atoms with E-state index in [1.807, 2.05) is 42.0 Å². The molecule has 1 saturated heterocycles. The zero-order chi connectivity index (χ0) is 15.7. The fraction of sp³-hybridized carbons (Fsp3) is 0.312. The lowest BCUT2D eigenvalue weighted by Crippen LogP contribution is -2.26. The van der Waals surface area contributed by atoms with E-state index < -0.39 is 11.9 Å². The summed E-state index contributed by atoms with van der Waals surface area (Å²) >= 11 is 0. The maximum atomic E-state index is 12.0. The number of aromatic nitrogens is 2. The molecule has 2 aromatic rings. The van der Waals surface area contributed by atoms with Crippen molar-refractivity contribution in [2.24, 2.45) is 5.92 Å². The van der Waals surface area contributed by atoms with Crippen molar-refractivity contribution < 1.29 is 14.7 Å². The van der Waals surface area contributed by atoms with Gasteiger partial charge in [-0.2, -0.15) is 0 Å². The first kappa shape index (κ1) is 14.3. The molecule has 0 saturated carbocycles. The Morgan fingerprint density at radius 3 is 2.82 bits per heavy atom. The van der Waals surface area contributed by atoms with Gasteiger partial charge in [0, 0.05) is 31.9 Å². The highest BCUT2D eigenvalue weighted by Gasteiger charge is 2.34. The molecule has 6 heteroatoms. The van der Waals surface area contributed by atoms with E-state index in [1.54, 1.807) is 11.1 Å². The normalized spacial score (nSPS) is 18.0. The lowest BCUT2D eigenvalue weighted by Gasteiger charge is -2.19. The summed E-state index contributed by atoms with van der Waals surface area (Å²) in [6, 6.07) is 7.78. The van der Waals surface area contributed by atoms with Gasteiger partial charge in [0.25, 0.3) is 0 Å². The molecule has 0 spiro atoms. The number of rotatable bonds is 4. The van der Waals surface area contributed by atoms with Crippen molar-refractivity contribution in [2.45, 2.75) is 19.9 Å². The molecule has 1 N–H and O–H groups in total. The molecule has 1 aliphatic rings. The number of aryl methyl sites for hydroxylation is 1. The number of carboxylic acids is 1. The number of hydrogen-bond acceptors (Lipinski definition) is 3. The Kier molecular flexibility index (Phi) is 3.66. The second-order valence-electron chi connectivity index (χ2n) is 5.49. The van der Waals surface area contributed by atoms with Gasteiger partial charge in [-0.05, 0) is 18.6 Å². The average molecular weight is 299 g/mol. The number of carbonyl (C=O) groups is 2. The molecule has 0 bridgehead atoms. The lowest BCUT2D eigenvalue weighted by molar-refractivity contribution is -0.141. The Bertz CT molecular complexity index is 723. The highest BCUT2D eigenvalue weighted by atomic mass is 16.4. The Morgan fingerprint density at radius 1 is 1.41 bits per heavy atom. The van der Waals surface area contributed by atoms with Crippen molar-refractivity contribution in [1.82, 2.24) is 14.5 Å². The van der Waals surface area contributed by atoms with Gasteiger partial charge in [0.2, 0.25) is 5.91 Å². The number of nitrogens with zero attached hydrogens (tertiary/aromatic N) is 3. The Hall–Kier alpha value is -2.63. The number of likely N-dealkylation sites (tertiary alicyclic amines) is 1. The smallest absolute Gasteiger partial charge is 0.308 e. The van der Waals surface area contributed by atoms with E-state index in [2.05, 4.69) is 4.98 Å². The number of aliphatic carboxylic acids is 1. The Morgan fingerprint density at radius 2 is 2.18 bits per heavy atom. The molecule has 22 heavy (non-hydrogen) atoms. The summed E-state index contributed by atoms with van der Waals surface area (Å²) in [5, 5.41) is 9.06. The monoisotopic (exact) mass is 299 g/mol. The van der Waals surface area contributed by atoms with Gasteiger partial charge in [-0.25, -0.2) is 4.98 Å². The quantitative estimate of drug-likeness (QED) is 0.930. The van der Waals surface area contributed by atoms with E-state index >= 15 is 0 Å². The van der Waals surface area contributed by atoms with E-state index in [0.29, 0.717) is 6.54 Å². The van der Waals surface area contributed by atoms with Crippen LogP contribution in [0.4, 0.5) is 0 Å². The zero-order valence-corrected chi connectivity index (χ0v) is 12.3. The van der Waals surface area contributed by atoms with Crippen LogP contribution in [0.25, 0.3) is 5.69 Å². The second kappa shape index (κ2) is 5.63. The maximum absolute atomic E-state index is 12.0. The molecule has 0 unspecified atom stereocenters. The fourth-order valence-corrected chi connectivity index (χ4v) is 2.81. The summed E-state index contributed by atoms with van der Waals surface area (Å²) < 4.78 is 1.96. The zero-order valence-electron chi connectivity index (χ0n) is 12.3. The van der Waals surface area contributed by atoms with E-state index in [9.17, 15) is 9.59 Å². The van der Waals surface area contributed by atoms with Crippen molar-refractivity contribution in [3.05, 3.63) is 48.0 Å². The summed E-state index contributed by atoms with van der Waals surface area (Å²) in [7, 11) is 0. The number of imidazole rings is 1. The number of amides is 1. The van der Waals surface area contributed by atoms with Crippen LogP contribution in [0.15, 0.2) is 36.7 Å². The van der Waals surface area contributed by atoms with Crippen LogP contribution in [0.2, 0.25) is 0 Å². The Labute approximate surface area is 128 Å². The minimum atomic E-state index is -0.908. The highest BCUT2D eigenvalue weighted by Crippen LogP contribution is 2.23. The predicted octanol–water partition coefficient (Wildman–Crippen LogP) is 1.61. The first-order valence-electron chi connectivity index (χ1n) is 7.15. The van der Waals surface area contributed by atoms with Gasteiger partial charge in [-0.15, -0.1) is 0 Å². The highest BCUT2D eigenvalue weighted by molar-refractivity contribution is 5.86. The molecule has 0 aliphatic carbocycles. The van der Waals surface area contributed by atoms with E-state index in [4.69, 9.17) is 5.11 Å². The largest absolute Gasteiger partial charge is 0.481 e. The van der Waals surface area contributed by atoms with Gasteiger partial charge in [-0.3, -0.25) is 9.59 Å². The van der Waals surface area contributed by atoms with Gasteiger partial charge in [-0.1, -0.05) is 18.2 Å². The molecule has 1 amide bonds. The van der Waals surface area contributed by atoms with Crippen molar-refractivity contribution in [2.75, 3.05) is 6.54 Å². The van der Waals surface area contributed by atoms with Crippen molar-refractivity contribution in [1.29, 1.82) is 0 Å². The summed E-state index contributed by atoms with van der Waals surface area (Å²) in [6.45, 7) is 2.60. The number of carboxylic acid groups (broad SMARTS) is 1. The number of hydrogen-bond donors (Lipinski definition) is 1. The predicted molar refractivity (Wildman–Crippen MR) is 79.5 cm³/mol. The summed E-state index contributed by atoms with van der Waals surface area (Å²) in [4.78, 5) is 28.9. The van der Waals surface area contributed by atoms with E-state index in [1.165, 1.54) is 0 Å². The molecule has 1 aromatic carbocycles. The van der Waals surface area contributed by atoms with E-state index in [0.717, 1.165) is 17.1 Å². The van der Waals surface area contributed by atoms with Gasteiger partial charge < -0.3 is 14.6 Å². The SMILES string of the molecule is Cc1nccn1-c1ccccc1CN1C[C@@H](C(=O)O)CC1=O. The minimum absolute atomic E-state index is 0.0849. The molecule has 6 nitrogen and oxygen atoms in total. The first-order valence-corrected chi connectivity index (χ1v) is 7.15. The molecular weight excluding hydrogens is 282 g/mol. The van der Waals surface area contributed by atoms with Crippen LogP contribution < -0.4 is 0 Å². The van der Waals surface area contributed by atoms with E-state index in [-0.39, 0.29) is 18.9 Å². The van der Waals surface area contributed by atoms with Crippen LogP contribution in [0, 0.1) is 12.8 Å². The molecule has 1 fully saturated rings. The first-order chi connectivity index (χ1) is 10.6. The van der Waals surface area contributed by atoms with Gasteiger partial charge in [0.15, 0.2) is 0 Å². The maximum Gasteiger partial charge on any atom is 0.308 e. The lowest BCUT2D eigenvalue weighted by atomic mass is 10.1. The van der Waals surface area contributed by atoms with Crippen LogP contribution in [0.5, 0.6) is 0 Å². The summed E-state index contributed by atoms with van der Waals surface area (Å²) in [5.74, 6) is -0.752. The number of carbonyl (C=O) groups excluding carboxylic acids is 1. The molecule has 3 rings (SSSR count). The van der Waals surface area contributed by atoms with Crippen molar-refractivity contribution in [3.8, 4) is 5.69 Å². The molecule has 2 heterocycles. The third-order valence-corrected chi connectivity index (χ3v) is 4.00. The summed E-state index contributed by atoms with van der Waals surface area (Å²) in [5.41, 5.74) is 1.94. The van der Waals surface area contributed by atoms with Gasteiger partial charge >= 0.3 is 5.97 Å².